The minimum Gasteiger partial charge on any atom is -0.505 e. The van der Waals surface area contributed by atoms with Gasteiger partial charge in [0.05, 0.1) is 6.10 Å². The number of hydrogen-bond donors (Lipinski definition) is 2. The molecule has 0 bridgehead atoms. The van der Waals surface area contributed by atoms with Crippen LogP contribution in [0.2, 0.25) is 0 Å². The minimum atomic E-state index is -1.26. The standard InChI is InChI=1S/C30H36F4O2/c1-2-3-25(35)21-12-10-20(11-13-21)24-16-15-23(28(32)29(24)33)19-7-4-18(5-8-19)6-9-22-14-17-26(36)30(34)27(22)31/h6,9,14-21,25,35-36H,2-5,7-8,10-13H2,1H3/b9-6+. The van der Waals surface area contributed by atoms with E-state index in [1.807, 2.05) is 6.08 Å². The lowest BCUT2D eigenvalue weighted by Crippen LogP contribution is -2.25. The zero-order valence-electron chi connectivity index (χ0n) is 20.8. The molecule has 2 aliphatic rings. The first-order chi connectivity index (χ1) is 17.3. The Balaban J connectivity index is 1.36. The zero-order valence-corrected chi connectivity index (χ0v) is 20.8. The fourth-order valence-corrected chi connectivity index (χ4v) is 6.10. The van der Waals surface area contributed by atoms with Crippen molar-refractivity contribution in [3.05, 3.63) is 70.3 Å². The van der Waals surface area contributed by atoms with Crippen LogP contribution in [0.1, 0.15) is 99.7 Å². The maximum Gasteiger partial charge on any atom is 0.200 e. The molecule has 2 fully saturated rings. The molecule has 2 nitrogen and oxygen atoms in total. The third-order valence-corrected chi connectivity index (χ3v) is 8.33. The van der Waals surface area contributed by atoms with Gasteiger partial charge in [0.1, 0.15) is 0 Å². The molecule has 0 amide bonds. The molecule has 0 spiro atoms. The van der Waals surface area contributed by atoms with Crippen LogP contribution in [0, 0.1) is 35.1 Å². The van der Waals surface area contributed by atoms with E-state index in [2.05, 4.69) is 6.92 Å². The van der Waals surface area contributed by atoms with Gasteiger partial charge in [0.25, 0.3) is 0 Å². The van der Waals surface area contributed by atoms with Gasteiger partial charge in [0.15, 0.2) is 23.2 Å². The normalized spacial score (nSPS) is 25.8. The lowest BCUT2D eigenvalue weighted by Gasteiger charge is -2.32. The van der Waals surface area contributed by atoms with Gasteiger partial charge in [-0.3, -0.25) is 0 Å². The Bertz CT molecular complexity index is 1070. The Morgan fingerprint density at radius 2 is 1.33 bits per heavy atom. The van der Waals surface area contributed by atoms with E-state index in [0.717, 1.165) is 57.4 Å². The highest BCUT2D eigenvalue weighted by atomic mass is 19.2. The summed E-state index contributed by atoms with van der Waals surface area (Å²) in [6, 6.07) is 5.96. The summed E-state index contributed by atoms with van der Waals surface area (Å²) in [6.45, 7) is 2.05. The van der Waals surface area contributed by atoms with Crippen molar-refractivity contribution in [3.8, 4) is 5.75 Å². The topological polar surface area (TPSA) is 40.5 Å². The Labute approximate surface area is 211 Å². The molecule has 6 heteroatoms. The summed E-state index contributed by atoms with van der Waals surface area (Å²) in [6.07, 6.45) is 10.9. The first-order valence-electron chi connectivity index (χ1n) is 13.3. The van der Waals surface area contributed by atoms with E-state index >= 15 is 8.78 Å². The van der Waals surface area contributed by atoms with Gasteiger partial charge in [-0.1, -0.05) is 37.6 Å². The molecule has 1 unspecified atom stereocenters. The lowest BCUT2D eigenvalue weighted by molar-refractivity contribution is 0.0727. The molecule has 0 aliphatic heterocycles. The molecule has 2 aromatic rings. The summed E-state index contributed by atoms with van der Waals surface area (Å²) in [4.78, 5) is 0. The molecule has 0 radical (unpaired) electrons. The average molecular weight is 505 g/mol. The average Bonchev–Trinajstić information content (AvgIpc) is 2.89. The summed E-state index contributed by atoms with van der Waals surface area (Å²) in [5, 5.41) is 19.5. The monoisotopic (exact) mass is 504 g/mol. The smallest absolute Gasteiger partial charge is 0.200 e. The number of aliphatic hydroxyl groups excluding tert-OH is 1. The number of aliphatic hydroxyl groups is 1. The predicted octanol–water partition coefficient (Wildman–Crippen LogP) is 8.37. The van der Waals surface area contributed by atoms with E-state index in [9.17, 15) is 19.0 Å². The minimum absolute atomic E-state index is 0.00960. The second-order valence-corrected chi connectivity index (χ2v) is 10.6. The van der Waals surface area contributed by atoms with Crippen LogP contribution in [0.3, 0.4) is 0 Å². The summed E-state index contributed by atoms with van der Waals surface area (Å²) in [5.74, 6) is -4.20. The van der Waals surface area contributed by atoms with Gasteiger partial charge in [0, 0.05) is 5.56 Å². The largest absolute Gasteiger partial charge is 0.505 e. The van der Waals surface area contributed by atoms with Crippen molar-refractivity contribution in [1.29, 1.82) is 0 Å². The summed E-state index contributed by atoms with van der Waals surface area (Å²) < 4.78 is 57.8. The number of rotatable bonds is 7. The van der Waals surface area contributed by atoms with Crippen LogP contribution >= 0.6 is 0 Å². The van der Waals surface area contributed by atoms with E-state index in [4.69, 9.17) is 0 Å². The van der Waals surface area contributed by atoms with Gasteiger partial charge in [0.2, 0.25) is 5.82 Å². The lowest BCUT2D eigenvalue weighted by atomic mass is 9.74. The van der Waals surface area contributed by atoms with Gasteiger partial charge < -0.3 is 10.2 Å². The van der Waals surface area contributed by atoms with E-state index in [1.54, 1.807) is 12.1 Å². The van der Waals surface area contributed by atoms with Gasteiger partial charge in [-0.05, 0) is 105 Å². The molecule has 2 N–H and O–H groups in total. The molecule has 0 heterocycles. The molecule has 1 atom stereocenters. The second kappa shape index (κ2) is 11.8. The highest BCUT2D eigenvalue weighted by Crippen LogP contribution is 2.42. The molecular formula is C30H36F4O2. The maximum absolute atomic E-state index is 15.2. The quantitative estimate of drug-likeness (QED) is 0.372. The summed E-state index contributed by atoms with van der Waals surface area (Å²) in [5.41, 5.74) is 0.960. The first kappa shape index (κ1) is 26.7. The summed E-state index contributed by atoms with van der Waals surface area (Å²) in [7, 11) is 0. The Morgan fingerprint density at radius 3 is 1.89 bits per heavy atom. The van der Waals surface area contributed by atoms with Crippen LogP contribution in [0.4, 0.5) is 17.6 Å². The molecule has 2 aliphatic carbocycles. The van der Waals surface area contributed by atoms with Gasteiger partial charge in [-0.25, -0.2) is 13.2 Å². The number of allylic oxidation sites excluding steroid dienone is 1. The fourth-order valence-electron chi connectivity index (χ4n) is 6.10. The van der Waals surface area contributed by atoms with E-state index in [-0.39, 0.29) is 35.3 Å². The molecular weight excluding hydrogens is 468 g/mol. The van der Waals surface area contributed by atoms with Crippen LogP contribution in [0.5, 0.6) is 5.75 Å². The fraction of sp³-hybridized carbons (Fsp3) is 0.533. The molecule has 196 valence electrons. The third kappa shape index (κ3) is 5.80. The van der Waals surface area contributed by atoms with Crippen molar-refractivity contribution in [2.45, 2.75) is 89.1 Å². The Morgan fingerprint density at radius 1 is 0.778 bits per heavy atom. The van der Waals surface area contributed by atoms with Crippen molar-refractivity contribution >= 4 is 6.08 Å². The van der Waals surface area contributed by atoms with Crippen molar-refractivity contribution in [3.63, 3.8) is 0 Å². The van der Waals surface area contributed by atoms with Crippen molar-refractivity contribution in [2.24, 2.45) is 11.8 Å². The molecule has 2 saturated carbocycles. The van der Waals surface area contributed by atoms with Crippen LogP contribution < -0.4 is 0 Å². The van der Waals surface area contributed by atoms with Gasteiger partial charge in [-0.15, -0.1) is 0 Å². The highest BCUT2D eigenvalue weighted by molar-refractivity contribution is 5.52. The number of halogens is 4. The van der Waals surface area contributed by atoms with Gasteiger partial charge >= 0.3 is 0 Å². The molecule has 4 rings (SSSR count). The van der Waals surface area contributed by atoms with Crippen LogP contribution in [-0.4, -0.2) is 16.3 Å². The number of benzene rings is 2. The number of phenols is 1. The SMILES string of the molecule is CCCC(O)C1CCC(c2ccc(C3CCC(/C=C/c4ccc(O)c(F)c4F)CC3)c(F)c2F)CC1. The van der Waals surface area contributed by atoms with Crippen LogP contribution in [-0.2, 0) is 0 Å². The molecule has 2 aromatic carbocycles. The Kier molecular flexibility index (Phi) is 8.76. The predicted molar refractivity (Wildman–Crippen MR) is 134 cm³/mol. The summed E-state index contributed by atoms with van der Waals surface area (Å²) >= 11 is 0. The second-order valence-electron chi connectivity index (χ2n) is 10.6. The van der Waals surface area contributed by atoms with Crippen LogP contribution in [0.25, 0.3) is 6.08 Å². The first-order valence-corrected chi connectivity index (χ1v) is 13.3. The number of hydrogen-bond acceptors (Lipinski definition) is 2. The number of aromatic hydroxyl groups is 1. The van der Waals surface area contributed by atoms with E-state index < -0.39 is 29.0 Å². The maximum atomic E-state index is 15.2. The van der Waals surface area contributed by atoms with Crippen molar-refractivity contribution in [2.75, 3.05) is 0 Å². The van der Waals surface area contributed by atoms with E-state index in [1.165, 1.54) is 12.1 Å². The van der Waals surface area contributed by atoms with Crippen LogP contribution in [0.15, 0.2) is 30.3 Å². The van der Waals surface area contributed by atoms with E-state index in [0.29, 0.717) is 24.0 Å². The molecule has 0 saturated heterocycles. The zero-order chi connectivity index (χ0) is 25.8. The molecule has 0 aromatic heterocycles. The molecule has 36 heavy (non-hydrogen) atoms. The van der Waals surface area contributed by atoms with Crippen molar-refractivity contribution in [1.82, 2.24) is 0 Å². The number of phenolic OH excluding ortho intramolecular Hbond substituents is 1. The third-order valence-electron chi connectivity index (χ3n) is 8.33. The van der Waals surface area contributed by atoms with Crippen molar-refractivity contribution < 1.29 is 27.8 Å². The highest BCUT2D eigenvalue weighted by Gasteiger charge is 2.31. The van der Waals surface area contributed by atoms with Gasteiger partial charge in [-0.2, -0.15) is 4.39 Å². The Hall–Kier alpha value is -2.34.